The maximum atomic E-state index is 11.7. The van der Waals surface area contributed by atoms with Crippen LogP contribution in [0.25, 0.3) is 0 Å². The first-order valence-electron chi connectivity index (χ1n) is 5.31. The molecule has 1 aromatic carbocycles. The van der Waals surface area contributed by atoms with E-state index in [0.29, 0.717) is 5.56 Å². The highest BCUT2D eigenvalue weighted by Crippen LogP contribution is 2.12. The van der Waals surface area contributed by atoms with E-state index in [1.165, 1.54) is 11.8 Å². The zero-order chi connectivity index (χ0) is 13.5. The minimum absolute atomic E-state index is 0.253. The van der Waals surface area contributed by atoms with Crippen LogP contribution in [0.5, 0.6) is 0 Å². The second-order valence-corrected chi connectivity index (χ2v) is 4.58. The van der Waals surface area contributed by atoms with Gasteiger partial charge < -0.3 is 15.5 Å². The molecule has 0 aliphatic carbocycles. The minimum Gasteiger partial charge on any atom is -0.480 e. The minimum atomic E-state index is -1.35. The Hall–Kier alpha value is -1.53. The molecule has 18 heavy (non-hydrogen) atoms. The quantitative estimate of drug-likeness (QED) is 0.706. The van der Waals surface area contributed by atoms with E-state index in [0.717, 1.165) is 0 Å². The van der Waals surface area contributed by atoms with Crippen molar-refractivity contribution in [2.75, 3.05) is 12.0 Å². The molecule has 1 aromatic rings. The third-order valence-electron chi connectivity index (χ3n) is 2.31. The first-order valence-corrected chi connectivity index (χ1v) is 6.70. The predicted octanol–water partition coefficient (Wildman–Crippen LogP) is 0.652. The molecule has 0 saturated carbocycles. The monoisotopic (exact) mass is 269 g/mol. The number of thioether (sulfide) groups is 1. The highest BCUT2D eigenvalue weighted by molar-refractivity contribution is 7.98. The van der Waals surface area contributed by atoms with Gasteiger partial charge in [-0.15, -0.1) is 0 Å². The van der Waals surface area contributed by atoms with Gasteiger partial charge in [-0.05, 0) is 11.8 Å². The molecular weight excluding hydrogens is 254 g/mol. The van der Waals surface area contributed by atoms with E-state index in [1.807, 2.05) is 0 Å². The molecule has 0 heterocycles. The summed E-state index contributed by atoms with van der Waals surface area (Å²) in [4.78, 5) is 22.6. The number of carboxylic acids is 1. The summed E-state index contributed by atoms with van der Waals surface area (Å²) >= 11 is 1.31. The van der Waals surface area contributed by atoms with Crippen molar-refractivity contribution < 1.29 is 19.8 Å². The summed E-state index contributed by atoms with van der Waals surface area (Å²) in [6.45, 7) is 0. The SMILES string of the molecule is CSCC(NC(=O)C(O)c1ccccc1)C(=O)O. The van der Waals surface area contributed by atoms with Crippen molar-refractivity contribution >= 4 is 23.6 Å². The van der Waals surface area contributed by atoms with Crippen molar-refractivity contribution in [2.45, 2.75) is 12.1 Å². The van der Waals surface area contributed by atoms with Crippen LogP contribution in [0.15, 0.2) is 30.3 Å². The van der Waals surface area contributed by atoms with E-state index in [1.54, 1.807) is 36.6 Å². The van der Waals surface area contributed by atoms with E-state index in [4.69, 9.17) is 5.11 Å². The van der Waals surface area contributed by atoms with Gasteiger partial charge in [0.25, 0.3) is 5.91 Å². The van der Waals surface area contributed by atoms with E-state index >= 15 is 0 Å². The van der Waals surface area contributed by atoms with Crippen molar-refractivity contribution in [1.82, 2.24) is 5.32 Å². The van der Waals surface area contributed by atoms with Gasteiger partial charge in [-0.25, -0.2) is 4.79 Å². The van der Waals surface area contributed by atoms with Gasteiger partial charge >= 0.3 is 5.97 Å². The fourth-order valence-corrected chi connectivity index (χ4v) is 1.94. The van der Waals surface area contributed by atoms with Gasteiger partial charge in [-0.1, -0.05) is 30.3 Å². The fraction of sp³-hybridized carbons (Fsp3) is 0.333. The van der Waals surface area contributed by atoms with Crippen molar-refractivity contribution in [3.05, 3.63) is 35.9 Å². The lowest BCUT2D eigenvalue weighted by atomic mass is 10.1. The van der Waals surface area contributed by atoms with Crippen molar-refractivity contribution in [1.29, 1.82) is 0 Å². The zero-order valence-electron chi connectivity index (χ0n) is 9.87. The number of aliphatic carboxylic acids is 1. The second-order valence-electron chi connectivity index (χ2n) is 3.67. The maximum Gasteiger partial charge on any atom is 0.327 e. The molecule has 0 radical (unpaired) electrons. The molecule has 1 amide bonds. The summed E-state index contributed by atoms with van der Waals surface area (Å²) in [7, 11) is 0. The lowest BCUT2D eigenvalue weighted by molar-refractivity contribution is -0.142. The first kappa shape index (κ1) is 14.5. The molecule has 0 aromatic heterocycles. The van der Waals surface area contributed by atoms with Gasteiger partial charge in [0.2, 0.25) is 0 Å². The van der Waals surface area contributed by atoms with E-state index in [-0.39, 0.29) is 5.75 Å². The number of carboxylic acid groups (broad SMARTS) is 1. The van der Waals surface area contributed by atoms with Crippen LogP contribution >= 0.6 is 11.8 Å². The van der Waals surface area contributed by atoms with Crippen molar-refractivity contribution in [2.24, 2.45) is 0 Å². The second kappa shape index (κ2) is 7.03. The Labute approximate surface area is 109 Å². The molecule has 1 rings (SSSR count). The lowest BCUT2D eigenvalue weighted by Crippen LogP contribution is -2.44. The number of carbonyl (C=O) groups excluding carboxylic acids is 1. The van der Waals surface area contributed by atoms with Crippen LogP contribution in [0.2, 0.25) is 0 Å². The number of hydrogen-bond donors (Lipinski definition) is 3. The highest BCUT2D eigenvalue weighted by atomic mass is 32.2. The number of benzene rings is 1. The lowest BCUT2D eigenvalue weighted by Gasteiger charge is -2.16. The molecule has 0 fully saturated rings. The Morgan fingerprint density at radius 1 is 1.33 bits per heavy atom. The fourth-order valence-electron chi connectivity index (χ4n) is 1.38. The maximum absolute atomic E-state index is 11.7. The molecule has 98 valence electrons. The Kier molecular flexibility index (Phi) is 5.67. The summed E-state index contributed by atoms with van der Waals surface area (Å²) in [5, 5.41) is 21.0. The number of aliphatic hydroxyl groups excluding tert-OH is 1. The standard InChI is InChI=1S/C12H15NO4S/c1-18-7-9(12(16)17)13-11(15)10(14)8-5-3-2-4-6-8/h2-6,9-10,14H,7H2,1H3,(H,13,15)(H,16,17). The number of rotatable bonds is 6. The van der Waals surface area contributed by atoms with Crippen molar-refractivity contribution in [3.8, 4) is 0 Å². The first-order chi connectivity index (χ1) is 8.56. The Morgan fingerprint density at radius 2 is 1.94 bits per heavy atom. The summed E-state index contributed by atoms with van der Waals surface area (Å²) < 4.78 is 0. The molecule has 0 aliphatic rings. The average Bonchev–Trinajstić information content (AvgIpc) is 2.38. The van der Waals surface area contributed by atoms with Crippen LogP contribution in [-0.4, -0.2) is 40.1 Å². The molecule has 0 spiro atoms. The van der Waals surface area contributed by atoms with Gasteiger partial charge in [-0.2, -0.15) is 11.8 Å². The molecule has 2 unspecified atom stereocenters. The van der Waals surface area contributed by atoms with E-state index < -0.39 is 24.0 Å². The van der Waals surface area contributed by atoms with Gasteiger partial charge in [0.15, 0.2) is 6.10 Å². The largest absolute Gasteiger partial charge is 0.480 e. The number of carbonyl (C=O) groups is 2. The summed E-state index contributed by atoms with van der Waals surface area (Å²) in [6.07, 6.45) is 0.394. The molecule has 0 bridgehead atoms. The third-order valence-corrected chi connectivity index (χ3v) is 2.98. The molecule has 0 aliphatic heterocycles. The van der Waals surface area contributed by atoms with E-state index in [2.05, 4.69) is 5.32 Å². The highest BCUT2D eigenvalue weighted by Gasteiger charge is 2.24. The normalized spacial score (nSPS) is 13.7. The molecular formula is C12H15NO4S. The van der Waals surface area contributed by atoms with E-state index in [9.17, 15) is 14.7 Å². The van der Waals surface area contributed by atoms with Gasteiger partial charge in [0, 0.05) is 5.75 Å². The smallest absolute Gasteiger partial charge is 0.327 e. The Bertz CT molecular complexity index is 410. The molecule has 5 nitrogen and oxygen atoms in total. The summed E-state index contributed by atoms with van der Waals surface area (Å²) in [5.41, 5.74) is 0.434. The molecule has 2 atom stereocenters. The van der Waals surface area contributed by atoms with Crippen LogP contribution in [0, 0.1) is 0 Å². The number of amides is 1. The summed E-state index contributed by atoms with van der Waals surface area (Å²) in [5.74, 6) is -1.57. The van der Waals surface area contributed by atoms with Crippen LogP contribution in [0.3, 0.4) is 0 Å². The van der Waals surface area contributed by atoms with Gasteiger partial charge in [0.05, 0.1) is 0 Å². The number of hydrogen-bond acceptors (Lipinski definition) is 4. The van der Waals surface area contributed by atoms with Gasteiger partial charge in [-0.3, -0.25) is 4.79 Å². The molecule has 6 heteroatoms. The molecule has 0 saturated heterocycles. The topological polar surface area (TPSA) is 86.6 Å². The Balaban J connectivity index is 2.67. The zero-order valence-corrected chi connectivity index (χ0v) is 10.7. The van der Waals surface area contributed by atoms with Crippen LogP contribution in [0.4, 0.5) is 0 Å². The predicted molar refractivity (Wildman–Crippen MR) is 69.4 cm³/mol. The van der Waals surface area contributed by atoms with Gasteiger partial charge in [0.1, 0.15) is 6.04 Å². The van der Waals surface area contributed by atoms with Crippen molar-refractivity contribution in [3.63, 3.8) is 0 Å². The number of nitrogens with one attached hydrogen (secondary N) is 1. The average molecular weight is 269 g/mol. The Morgan fingerprint density at radius 3 is 2.44 bits per heavy atom. The number of aliphatic hydroxyl groups is 1. The van der Waals surface area contributed by atoms with Crippen LogP contribution in [0.1, 0.15) is 11.7 Å². The molecule has 3 N–H and O–H groups in total. The third kappa shape index (κ3) is 4.05. The van der Waals surface area contributed by atoms with Crippen LogP contribution < -0.4 is 5.32 Å². The summed E-state index contributed by atoms with van der Waals surface area (Å²) in [6, 6.07) is 7.38. The van der Waals surface area contributed by atoms with Crippen LogP contribution in [-0.2, 0) is 9.59 Å².